The zero-order valence-electron chi connectivity index (χ0n) is 21.9. The number of hydrogen-bond acceptors (Lipinski definition) is 3. The Morgan fingerprint density at radius 2 is 1.24 bits per heavy atom. The molecular weight excluding hydrogens is 645 g/mol. The summed E-state index contributed by atoms with van der Waals surface area (Å²) in [5.41, 5.74) is -18.9. The lowest BCUT2D eigenvalue weighted by Crippen LogP contribution is -2.50. The zero-order chi connectivity index (χ0) is 34.3. The van der Waals surface area contributed by atoms with Crippen molar-refractivity contribution in [3.63, 3.8) is 0 Å². The van der Waals surface area contributed by atoms with Gasteiger partial charge in [-0.25, -0.2) is 4.39 Å². The number of nitrogens with one attached hydrogen (secondary N) is 1. The van der Waals surface area contributed by atoms with Crippen LogP contribution in [0.1, 0.15) is 43.0 Å². The Morgan fingerprint density at radius 1 is 0.733 bits per heavy atom. The van der Waals surface area contributed by atoms with Crippen LogP contribution in [0.2, 0.25) is 0 Å². The fourth-order valence-electron chi connectivity index (χ4n) is 4.02. The number of benzene rings is 3. The number of carbonyl (C=O) groups is 2. The van der Waals surface area contributed by atoms with Crippen LogP contribution in [0.15, 0.2) is 60.7 Å². The molecule has 18 heteroatoms. The Morgan fingerprint density at radius 3 is 1.71 bits per heavy atom. The quantitative estimate of drug-likeness (QED) is 0.280. The van der Waals surface area contributed by atoms with Gasteiger partial charge in [0, 0.05) is 23.9 Å². The monoisotopic (exact) mass is 659 g/mol. The molecule has 0 aliphatic carbocycles. The van der Waals surface area contributed by atoms with Crippen molar-refractivity contribution in [3.05, 3.63) is 94.0 Å². The van der Waals surface area contributed by atoms with Crippen molar-refractivity contribution in [2.75, 3.05) is 17.3 Å². The van der Waals surface area contributed by atoms with Gasteiger partial charge in [0.25, 0.3) is 11.8 Å². The molecule has 0 unspecified atom stereocenters. The zero-order valence-corrected chi connectivity index (χ0v) is 21.9. The number of hydrogen-bond donors (Lipinski definition) is 1. The van der Waals surface area contributed by atoms with E-state index in [2.05, 4.69) is 0 Å². The van der Waals surface area contributed by atoms with E-state index in [-0.39, 0.29) is 16.8 Å². The Bertz CT molecular complexity index is 1620. The van der Waals surface area contributed by atoms with E-state index in [9.17, 15) is 71.9 Å². The first-order valence-corrected chi connectivity index (χ1v) is 11.8. The molecule has 0 radical (unpaired) electrons. The molecule has 45 heavy (non-hydrogen) atoms. The van der Waals surface area contributed by atoms with E-state index in [4.69, 9.17) is 0 Å². The average Bonchev–Trinajstić information content (AvgIpc) is 2.93. The SMILES string of the molecule is CN(C(=O)c1ccccc1C#N)c1cccc(C(=O)Nc2c(C(F)(F)F)cc(C(F)(C(F)(F)F)C(F)(F)F)cc2C(F)(F)F)c1. The maximum Gasteiger partial charge on any atom is 0.435 e. The number of carbonyl (C=O) groups excluding carboxylic acids is 2. The molecule has 0 bridgehead atoms. The predicted molar refractivity (Wildman–Crippen MR) is 130 cm³/mol. The van der Waals surface area contributed by atoms with Gasteiger partial charge in [0.05, 0.1) is 34.0 Å². The lowest BCUT2D eigenvalue weighted by Gasteiger charge is -2.32. The third-order valence-corrected chi connectivity index (χ3v) is 6.24. The summed E-state index contributed by atoms with van der Waals surface area (Å²) in [6, 6.07) is 8.77. The summed E-state index contributed by atoms with van der Waals surface area (Å²) in [6.07, 6.45) is -26.4. The summed E-state index contributed by atoms with van der Waals surface area (Å²) in [7, 11) is 1.14. The lowest BCUT2D eigenvalue weighted by atomic mass is 9.89. The van der Waals surface area contributed by atoms with Gasteiger partial charge in [-0.1, -0.05) is 18.2 Å². The van der Waals surface area contributed by atoms with Crippen LogP contribution in [0.5, 0.6) is 0 Å². The van der Waals surface area contributed by atoms with Crippen LogP contribution < -0.4 is 10.2 Å². The van der Waals surface area contributed by atoms with E-state index < -0.39 is 82.3 Å². The first kappa shape index (κ1) is 34.7. The number of nitrogens with zero attached hydrogens (tertiary/aromatic N) is 2. The Balaban J connectivity index is 2.17. The number of rotatable bonds is 5. The Kier molecular flexibility index (Phi) is 8.93. The molecule has 3 aromatic rings. The highest BCUT2D eigenvalue weighted by molar-refractivity contribution is 6.09. The highest BCUT2D eigenvalue weighted by Gasteiger charge is 2.74. The second-order valence-corrected chi connectivity index (χ2v) is 9.12. The molecule has 0 saturated carbocycles. The molecule has 1 N–H and O–H groups in total. The van der Waals surface area contributed by atoms with E-state index in [1.165, 1.54) is 35.6 Å². The van der Waals surface area contributed by atoms with Crippen molar-refractivity contribution < 1.29 is 66.7 Å². The largest absolute Gasteiger partial charge is 0.435 e. The summed E-state index contributed by atoms with van der Waals surface area (Å²) in [4.78, 5) is 26.6. The first-order valence-electron chi connectivity index (χ1n) is 11.8. The standard InChI is InChI=1S/C27H14F13N3O2/c1-43(22(45)17-8-3-2-5-14(17)12-41)16-7-4-6-13(9-16)21(44)42-20-18(24(29,30)31)10-15(11-19(20)25(32,33)34)23(28,26(35,36)37)27(38,39)40/h2-11H,1H3,(H,42,44). The normalized spacial score (nSPS) is 12.8. The molecule has 0 aliphatic heterocycles. The molecule has 0 aromatic heterocycles. The molecule has 0 atom stereocenters. The number of nitriles is 1. The van der Waals surface area contributed by atoms with Crippen molar-refractivity contribution in [2.24, 2.45) is 0 Å². The maximum absolute atomic E-state index is 14.6. The van der Waals surface area contributed by atoms with Crippen molar-refractivity contribution >= 4 is 23.2 Å². The molecule has 0 saturated heterocycles. The fraction of sp³-hybridized carbons (Fsp3) is 0.222. The second kappa shape index (κ2) is 11.6. The van der Waals surface area contributed by atoms with E-state index >= 15 is 0 Å². The van der Waals surface area contributed by atoms with Crippen LogP contribution in [-0.2, 0) is 18.0 Å². The van der Waals surface area contributed by atoms with Gasteiger partial charge >= 0.3 is 30.4 Å². The molecule has 2 amide bonds. The number of anilines is 2. The maximum atomic E-state index is 14.6. The minimum absolute atomic E-state index is 0.0700. The number of halogens is 13. The molecule has 0 heterocycles. The summed E-state index contributed by atoms with van der Waals surface area (Å²) in [5.74, 6) is -2.61. The van der Waals surface area contributed by atoms with Gasteiger partial charge < -0.3 is 10.2 Å². The number of alkyl halides is 13. The smallest absolute Gasteiger partial charge is 0.321 e. The van der Waals surface area contributed by atoms with Crippen LogP contribution in [0.4, 0.5) is 68.5 Å². The Hall–Kier alpha value is -4.82. The third-order valence-electron chi connectivity index (χ3n) is 6.24. The summed E-state index contributed by atoms with van der Waals surface area (Å²) >= 11 is 0. The molecule has 3 aromatic carbocycles. The first-order chi connectivity index (χ1) is 20.4. The molecule has 0 spiro atoms. The summed E-state index contributed by atoms with van der Waals surface area (Å²) in [6.45, 7) is 0. The highest BCUT2D eigenvalue weighted by Crippen LogP contribution is 2.55. The molecule has 0 fully saturated rings. The molecule has 3 rings (SSSR count). The topological polar surface area (TPSA) is 73.2 Å². The Labute approximate surface area is 243 Å². The predicted octanol–water partition coefficient (Wildman–Crippen LogP) is 8.41. The minimum Gasteiger partial charge on any atom is -0.321 e. The van der Waals surface area contributed by atoms with Crippen molar-refractivity contribution in [1.82, 2.24) is 0 Å². The number of amides is 2. The second-order valence-electron chi connectivity index (χ2n) is 9.12. The van der Waals surface area contributed by atoms with Gasteiger partial charge in [-0.2, -0.15) is 57.9 Å². The third kappa shape index (κ3) is 6.66. The average molecular weight is 659 g/mol. The highest BCUT2D eigenvalue weighted by atomic mass is 19.4. The van der Waals surface area contributed by atoms with Crippen LogP contribution in [0.3, 0.4) is 0 Å². The van der Waals surface area contributed by atoms with Crippen molar-refractivity contribution in [1.29, 1.82) is 5.26 Å². The van der Waals surface area contributed by atoms with E-state index in [0.29, 0.717) is 0 Å². The van der Waals surface area contributed by atoms with Gasteiger partial charge in [0.15, 0.2) is 0 Å². The summed E-state index contributed by atoms with van der Waals surface area (Å²) in [5, 5.41) is 10.4. The van der Waals surface area contributed by atoms with Crippen LogP contribution >= 0.6 is 0 Å². The van der Waals surface area contributed by atoms with E-state index in [1.807, 2.05) is 0 Å². The van der Waals surface area contributed by atoms with Crippen LogP contribution in [-0.4, -0.2) is 31.2 Å². The van der Waals surface area contributed by atoms with Gasteiger partial charge in [-0.05, 0) is 42.5 Å². The molecule has 5 nitrogen and oxygen atoms in total. The van der Waals surface area contributed by atoms with Crippen molar-refractivity contribution in [2.45, 2.75) is 30.4 Å². The van der Waals surface area contributed by atoms with Gasteiger partial charge in [-0.15, -0.1) is 0 Å². The molecule has 0 aliphatic rings. The summed E-state index contributed by atoms with van der Waals surface area (Å²) < 4.78 is 177. The van der Waals surface area contributed by atoms with Gasteiger partial charge in [0.1, 0.15) is 0 Å². The molecule has 240 valence electrons. The minimum atomic E-state index is -7.06. The lowest BCUT2D eigenvalue weighted by molar-refractivity contribution is -0.348. The van der Waals surface area contributed by atoms with E-state index in [1.54, 1.807) is 6.07 Å². The van der Waals surface area contributed by atoms with Crippen LogP contribution in [0.25, 0.3) is 0 Å². The van der Waals surface area contributed by atoms with E-state index in [0.717, 1.165) is 30.1 Å². The van der Waals surface area contributed by atoms with Gasteiger partial charge in [0.2, 0.25) is 0 Å². The van der Waals surface area contributed by atoms with Gasteiger partial charge in [-0.3, -0.25) is 9.59 Å². The molecular formula is C27H14F13N3O2. The van der Waals surface area contributed by atoms with Crippen molar-refractivity contribution in [3.8, 4) is 6.07 Å². The fourth-order valence-corrected chi connectivity index (χ4v) is 4.02. The van der Waals surface area contributed by atoms with Crippen LogP contribution in [0, 0.1) is 11.3 Å².